The zero-order valence-corrected chi connectivity index (χ0v) is 20.3. The molecule has 0 aliphatic heterocycles. The minimum absolute atomic E-state index is 0.0364. The number of aromatic nitrogens is 3. The van der Waals surface area contributed by atoms with Gasteiger partial charge in [0, 0.05) is 35.0 Å². The highest BCUT2D eigenvalue weighted by atomic mass is 35.5. The zero-order valence-electron chi connectivity index (χ0n) is 18.7. The fraction of sp³-hybridized carbons (Fsp3) is 0.273. The lowest BCUT2D eigenvalue weighted by molar-refractivity contribution is -0.384. The van der Waals surface area contributed by atoms with Crippen molar-refractivity contribution in [2.75, 3.05) is 11.1 Å². The largest absolute Gasteiger partial charge is 0.342 e. The van der Waals surface area contributed by atoms with Crippen LogP contribution >= 0.6 is 23.4 Å². The predicted molar refractivity (Wildman–Crippen MR) is 130 cm³/mol. The Labute approximate surface area is 205 Å². The molecule has 12 heteroatoms. The van der Waals surface area contributed by atoms with Crippen molar-refractivity contribution in [3.63, 3.8) is 0 Å². The number of rotatable bonds is 9. The van der Waals surface area contributed by atoms with Gasteiger partial charge in [-0.3, -0.25) is 19.7 Å². The number of amides is 2. The van der Waals surface area contributed by atoms with Gasteiger partial charge in [0.2, 0.25) is 5.91 Å². The Morgan fingerprint density at radius 1 is 1.21 bits per heavy atom. The smallest absolute Gasteiger partial charge is 0.269 e. The van der Waals surface area contributed by atoms with Gasteiger partial charge in [-0.15, -0.1) is 10.2 Å². The Kier molecular flexibility index (Phi) is 8.24. The average molecular weight is 503 g/mol. The summed E-state index contributed by atoms with van der Waals surface area (Å²) < 4.78 is 1.84. The first-order valence-corrected chi connectivity index (χ1v) is 11.7. The summed E-state index contributed by atoms with van der Waals surface area (Å²) in [5.41, 5.74) is 1.54. The summed E-state index contributed by atoms with van der Waals surface area (Å²) in [7, 11) is 0. The Balaban J connectivity index is 1.62. The lowest BCUT2D eigenvalue weighted by Gasteiger charge is -2.15. The van der Waals surface area contributed by atoms with E-state index in [1.807, 2.05) is 18.4 Å². The van der Waals surface area contributed by atoms with Crippen molar-refractivity contribution in [3.8, 4) is 0 Å². The molecule has 2 N–H and O–H groups in total. The number of nitro groups is 1. The normalized spacial score (nSPS) is 11.6. The standard InChI is InChI=1S/C22H23ClN6O4S/c1-4-28-20(14(3)24-21(31)15-5-7-16(23)8-6-15)26-27-22(28)34-12-19(30)25-18-10-9-17(29(32)33)11-13(18)2/h5-11,14H,4,12H2,1-3H3,(H,24,31)(H,25,30)/t14-/m0/s1. The summed E-state index contributed by atoms with van der Waals surface area (Å²) in [5, 5.41) is 26.0. The van der Waals surface area contributed by atoms with Gasteiger partial charge in [-0.25, -0.2) is 0 Å². The van der Waals surface area contributed by atoms with Crippen LogP contribution in [0, 0.1) is 17.0 Å². The first kappa shape index (κ1) is 25.2. The third-order valence-electron chi connectivity index (χ3n) is 4.93. The Morgan fingerprint density at radius 2 is 1.91 bits per heavy atom. The van der Waals surface area contributed by atoms with Crippen molar-refractivity contribution >= 4 is 46.6 Å². The van der Waals surface area contributed by atoms with Gasteiger partial charge < -0.3 is 15.2 Å². The number of hydrogen-bond acceptors (Lipinski definition) is 7. The van der Waals surface area contributed by atoms with E-state index in [1.54, 1.807) is 31.2 Å². The SMILES string of the molecule is CCn1c(SCC(=O)Nc2ccc([N+](=O)[O-])cc2C)nnc1[C@H](C)NC(=O)c1ccc(Cl)cc1. The fourth-order valence-electron chi connectivity index (χ4n) is 3.19. The first-order valence-electron chi connectivity index (χ1n) is 10.4. The van der Waals surface area contributed by atoms with Crippen molar-refractivity contribution in [2.24, 2.45) is 0 Å². The highest BCUT2D eigenvalue weighted by molar-refractivity contribution is 7.99. The second kappa shape index (κ2) is 11.1. The van der Waals surface area contributed by atoms with Gasteiger partial charge in [0.1, 0.15) is 0 Å². The molecule has 0 fully saturated rings. The van der Waals surface area contributed by atoms with E-state index in [0.717, 1.165) is 0 Å². The van der Waals surface area contributed by atoms with Gasteiger partial charge in [0.15, 0.2) is 11.0 Å². The second-order valence-electron chi connectivity index (χ2n) is 7.38. The molecule has 2 amide bonds. The zero-order chi connectivity index (χ0) is 24.8. The van der Waals surface area contributed by atoms with Crippen molar-refractivity contribution in [2.45, 2.75) is 38.5 Å². The molecule has 0 aliphatic rings. The number of nitrogens with one attached hydrogen (secondary N) is 2. The van der Waals surface area contributed by atoms with E-state index in [1.165, 1.54) is 30.0 Å². The molecular weight excluding hydrogens is 480 g/mol. The average Bonchev–Trinajstić information content (AvgIpc) is 3.22. The van der Waals surface area contributed by atoms with Crippen LogP contribution in [0.2, 0.25) is 5.02 Å². The first-order chi connectivity index (χ1) is 16.2. The molecule has 10 nitrogen and oxygen atoms in total. The minimum Gasteiger partial charge on any atom is -0.342 e. The van der Waals surface area contributed by atoms with Crippen molar-refractivity contribution in [3.05, 3.63) is 74.6 Å². The van der Waals surface area contributed by atoms with E-state index in [-0.39, 0.29) is 23.3 Å². The molecule has 0 bridgehead atoms. The number of carbonyl (C=O) groups excluding carboxylic acids is 2. The summed E-state index contributed by atoms with van der Waals surface area (Å²) in [4.78, 5) is 35.3. The second-order valence-corrected chi connectivity index (χ2v) is 8.76. The van der Waals surface area contributed by atoms with Crippen LogP contribution in [0.25, 0.3) is 0 Å². The van der Waals surface area contributed by atoms with Crippen LogP contribution in [-0.4, -0.2) is 37.3 Å². The lowest BCUT2D eigenvalue weighted by Crippen LogP contribution is -2.28. The monoisotopic (exact) mass is 502 g/mol. The topological polar surface area (TPSA) is 132 Å². The van der Waals surface area contributed by atoms with Crippen molar-refractivity contribution in [1.29, 1.82) is 0 Å². The molecule has 0 spiro atoms. The molecule has 1 atom stereocenters. The van der Waals surface area contributed by atoms with E-state index >= 15 is 0 Å². The number of thioether (sulfide) groups is 1. The summed E-state index contributed by atoms with van der Waals surface area (Å²) >= 11 is 7.08. The number of anilines is 1. The van der Waals surface area contributed by atoms with E-state index < -0.39 is 11.0 Å². The summed E-state index contributed by atoms with van der Waals surface area (Å²) in [5.74, 6) is 0.0964. The molecular formula is C22H23ClN6O4S. The van der Waals surface area contributed by atoms with Crippen LogP contribution < -0.4 is 10.6 Å². The van der Waals surface area contributed by atoms with E-state index in [2.05, 4.69) is 20.8 Å². The van der Waals surface area contributed by atoms with Crippen LogP contribution in [0.15, 0.2) is 47.6 Å². The van der Waals surface area contributed by atoms with Crippen LogP contribution in [0.5, 0.6) is 0 Å². The third kappa shape index (κ3) is 6.12. The maximum Gasteiger partial charge on any atom is 0.269 e. The number of nitro benzene ring substituents is 1. The number of benzene rings is 2. The maximum atomic E-state index is 12.5. The summed E-state index contributed by atoms with van der Waals surface area (Å²) in [6, 6.07) is 10.4. The van der Waals surface area contributed by atoms with Gasteiger partial charge in [0.25, 0.3) is 11.6 Å². The summed E-state index contributed by atoms with van der Waals surface area (Å²) in [6.07, 6.45) is 0. The molecule has 2 aromatic carbocycles. The number of nitrogens with zero attached hydrogens (tertiary/aromatic N) is 4. The third-order valence-corrected chi connectivity index (χ3v) is 6.15. The van der Waals surface area contributed by atoms with Crippen molar-refractivity contribution in [1.82, 2.24) is 20.1 Å². The van der Waals surface area contributed by atoms with E-state index in [9.17, 15) is 19.7 Å². The van der Waals surface area contributed by atoms with E-state index in [0.29, 0.717) is 39.4 Å². The molecule has 0 aliphatic carbocycles. The van der Waals surface area contributed by atoms with Gasteiger partial charge in [-0.05, 0) is 56.7 Å². The lowest BCUT2D eigenvalue weighted by atomic mass is 10.2. The number of halogens is 1. The Morgan fingerprint density at radius 3 is 2.53 bits per heavy atom. The maximum absolute atomic E-state index is 12.5. The number of aryl methyl sites for hydroxylation is 1. The molecule has 1 heterocycles. The molecule has 0 saturated carbocycles. The van der Waals surface area contributed by atoms with Crippen LogP contribution in [0.4, 0.5) is 11.4 Å². The molecule has 3 rings (SSSR count). The van der Waals surface area contributed by atoms with Gasteiger partial charge in [-0.2, -0.15) is 0 Å². The fourth-order valence-corrected chi connectivity index (χ4v) is 4.12. The van der Waals surface area contributed by atoms with Gasteiger partial charge in [0.05, 0.1) is 16.7 Å². The molecule has 3 aromatic rings. The number of carbonyl (C=O) groups is 2. The molecule has 178 valence electrons. The highest BCUT2D eigenvalue weighted by Crippen LogP contribution is 2.24. The molecule has 0 saturated heterocycles. The van der Waals surface area contributed by atoms with Crippen LogP contribution in [0.1, 0.15) is 41.6 Å². The van der Waals surface area contributed by atoms with Gasteiger partial charge >= 0.3 is 0 Å². The predicted octanol–water partition coefficient (Wildman–Crippen LogP) is 4.39. The minimum atomic E-state index is -0.484. The quantitative estimate of drug-likeness (QED) is 0.252. The highest BCUT2D eigenvalue weighted by Gasteiger charge is 2.20. The van der Waals surface area contributed by atoms with Crippen LogP contribution in [0.3, 0.4) is 0 Å². The van der Waals surface area contributed by atoms with Gasteiger partial charge in [-0.1, -0.05) is 23.4 Å². The molecule has 1 aromatic heterocycles. The van der Waals surface area contributed by atoms with E-state index in [4.69, 9.17) is 11.6 Å². The number of hydrogen-bond donors (Lipinski definition) is 2. The number of non-ortho nitro benzene ring substituents is 1. The molecule has 34 heavy (non-hydrogen) atoms. The molecule has 0 radical (unpaired) electrons. The summed E-state index contributed by atoms with van der Waals surface area (Å²) in [6.45, 7) is 5.97. The van der Waals surface area contributed by atoms with Crippen LogP contribution in [-0.2, 0) is 11.3 Å². The molecule has 0 unspecified atom stereocenters. The van der Waals surface area contributed by atoms with Crippen molar-refractivity contribution < 1.29 is 14.5 Å². The Bertz CT molecular complexity index is 1210. The Hall–Kier alpha value is -3.44.